The second-order valence-electron chi connectivity index (χ2n) is 11.3. The van der Waals surface area contributed by atoms with E-state index in [1.165, 1.54) is 0 Å². The Morgan fingerprint density at radius 3 is 2.52 bits per heavy atom. The summed E-state index contributed by atoms with van der Waals surface area (Å²) in [6.45, 7) is 3.13. The monoisotopic (exact) mass is 625 g/mol. The molecule has 11 heteroatoms. The maximum absolute atomic E-state index is 13.8. The van der Waals surface area contributed by atoms with Gasteiger partial charge in [-0.25, -0.2) is 4.98 Å². The van der Waals surface area contributed by atoms with Gasteiger partial charge in [-0.15, -0.1) is 0 Å². The number of carbonyl (C=O) groups excluding carboxylic acids is 2. The Morgan fingerprint density at radius 1 is 0.870 bits per heavy atom. The fourth-order valence-corrected chi connectivity index (χ4v) is 5.81. The number of rotatable bonds is 4. The molecule has 240 valence electrons. The molecular weight excluding hydrogens is 586 g/mol. The average molecular weight is 626 g/mol. The van der Waals surface area contributed by atoms with Crippen LogP contribution in [0.5, 0.6) is 23.0 Å². The highest BCUT2D eigenvalue weighted by Gasteiger charge is 2.31. The fraction of sp³-hybridized carbons (Fsp3) is 0.371. The summed E-state index contributed by atoms with van der Waals surface area (Å²) in [7, 11) is 1.61. The molecule has 1 atom stereocenters. The first-order valence-electron chi connectivity index (χ1n) is 15.8. The van der Waals surface area contributed by atoms with Crippen molar-refractivity contribution in [1.29, 1.82) is 0 Å². The van der Waals surface area contributed by atoms with Crippen LogP contribution in [0.25, 0.3) is 11.4 Å². The number of methoxy groups -OCH3 is 1. The first-order chi connectivity index (χ1) is 22.6. The lowest BCUT2D eigenvalue weighted by Crippen LogP contribution is -2.47. The van der Waals surface area contributed by atoms with Gasteiger partial charge in [-0.1, -0.05) is 18.2 Å². The molecular formula is C35H39N5O6. The molecule has 2 aromatic heterocycles. The molecule has 0 aliphatic carbocycles. The minimum absolute atomic E-state index is 0.00314. The number of hydrogen-bond acceptors (Lipinski definition) is 8. The summed E-state index contributed by atoms with van der Waals surface area (Å²) in [5.74, 6) is 3.11. The molecule has 2 aliphatic rings. The second kappa shape index (κ2) is 14.8. The number of fused-ring (bicyclic) bond motifs is 5. The van der Waals surface area contributed by atoms with Crippen molar-refractivity contribution in [3.63, 3.8) is 0 Å². The first kappa shape index (κ1) is 30.9. The van der Waals surface area contributed by atoms with Gasteiger partial charge in [0.1, 0.15) is 19.0 Å². The van der Waals surface area contributed by atoms with Gasteiger partial charge in [-0.3, -0.25) is 14.6 Å². The Kier molecular flexibility index (Phi) is 9.97. The summed E-state index contributed by atoms with van der Waals surface area (Å²) in [5.41, 5.74) is 1.74. The second-order valence-corrected chi connectivity index (χ2v) is 11.3. The van der Waals surface area contributed by atoms with Gasteiger partial charge in [0.15, 0.2) is 23.0 Å². The number of benzene rings is 2. The van der Waals surface area contributed by atoms with Gasteiger partial charge in [-0.2, -0.15) is 0 Å². The van der Waals surface area contributed by atoms with Crippen molar-refractivity contribution in [3.05, 3.63) is 84.9 Å². The van der Waals surface area contributed by atoms with Gasteiger partial charge in [0.25, 0.3) is 5.91 Å². The van der Waals surface area contributed by atoms with E-state index in [0.29, 0.717) is 62.1 Å². The third kappa shape index (κ3) is 7.42. The number of nitrogens with zero attached hydrogens (tertiary/aromatic N) is 5. The van der Waals surface area contributed by atoms with Crippen LogP contribution in [0, 0.1) is 0 Å². The van der Waals surface area contributed by atoms with E-state index < -0.39 is 6.10 Å². The number of amides is 2. The van der Waals surface area contributed by atoms with Crippen molar-refractivity contribution in [2.75, 3.05) is 46.5 Å². The molecule has 4 heterocycles. The highest BCUT2D eigenvalue weighted by atomic mass is 16.6. The van der Waals surface area contributed by atoms with Gasteiger partial charge >= 0.3 is 0 Å². The van der Waals surface area contributed by atoms with Crippen LogP contribution in [0.15, 0.2) is 79.4 Å². The van der Waals surface area contributed by atoms with Crippen molar-refractivity contribution in [3.8, 4) is 34.4 Å². The lowest BCUT2D eigenvalue weighted by molar-refractivity contribution is -0.141. The molecule has 11 nitrogen and oxygen atoms in total. The summed E-state index contributed by atoms with van der Waals surface area (Å²) in [5, 5.41) is 0. The van der Waals surface area contributed by atoms with Crippen LogP contribution in [-0.2, 0) is 22.6 Å². The summed E-state index contributed by atoms with van der Waals surface area (Å²) in [6, 6.07) is 16.9. The highest BCUT2D eigenvalue weighted by molar-refractivity contribution is 5.82. The summed E-state index contributed by atoms with van der Waals surface area (Å²) < 4.78 is 25.8. The Hall–Kier alpha value is -5.06. The van der Waals surface area contributed by atoms with E-state index in [1.54, 1.807) is 25.7 Å². The van der Waals surface area contributed by atoms with Crippen molar-refractivity contribution in [1.82, 2.24) is 24.3 Å². The Labute approximate surface area is 268 Å². The van der Waals surface area contributed by atoms with Gasteiger partial charge < -0.3 is 33.3 Å². The Bertz CT molecular complexity index is 1630. The lowest BCUT2D eigenvalue weighted by Gasteiger charge is -2.31. The molecule has 2 amide bonds. The maximum Gasteiger partial charge on any atom is 0.267 e. The SMILES string of the molecule is COc1ccc2cc1OCCN(C(=O)Cc1cccnc1)CCCCN(C(=O)C1COc3ccccc3O1)CCCn1ccnc1-2. The molecule has 2 aliphatic heterocycles. The average Bonchev–Trinajstić information content (AvgIpc) is 3.56. The number of aryl methyl sites for hydroxylation is 1. The van der Waals surface area contributed by atoms with Crippen molar-refractivity contribution >= 4 is 11.8 Å². The number of pyridine rings is 1. The van der Waals surface area contributed by atoms with Crippen LogP contribution < -0.4 is 18.9 Å². The van der Waals surface area contributed by atoms with Crippen LogP contribution in [0.3, 0.4) is 0 Å². The molecule has 2 bridgehead atoms. The van der Waals surface area contributed by atoms with Crippen molar-refractivity contribution in [2.45, 2.75) is 38.3 Å². The predicted molar refractivity (Wildman–Crippen MR) is 171 cm³/mol. The molecule has 0 saturated heterocycles. The number of hydrogen-bond donors (Lipinski definition) is 0. The van der Waals surface area contributed by atoms with Gasteiger partial charge in [0.05, 0.1) is 20.1 Å². The zero-order valence-electron chi connectivity index (χ0n) is 26.0. The zero-order valence-corrected chi connectivity index (χ0v) is 26.0. The number of imidazole rings is 1. The molecule has 0 fully saturated rings. The van der Waals surface area contributed by atoms with E-state index >= 15 is 0 Å². The largest absolute Gasteiger partial charge is 0.493 e. The maximum atomic E-state index is 13.8. The fourth-order valence-electron chi connectivity index (χ4n) is 5.81. The van der Waals surface area contributed by atoms with E-state index in [9.17, 15) is 9.59 Å². The van der Waals surface area contributed by atoms with Gasteiger partial charge in [0, 0.05) is 56.5 Å². The van der Waals surface area contributed by atoms with Gasteiger partial charge in [0.2, 0.25) is 12.0 Å². The molecule has 0 saturated carbocycles. The van der Waals surface area contributed by atoms with Gasteiger partial charge in [-0.05, 0) is 61.2 Å². The van der Waals surface area contributed by atoms with Crippen LogP contribution in [0.2, 0.25) is 0 Å². The summed E-state index contributed by atoms with van der Waals surface area (Å²) in [6.07, 6.45) is 8.82. The minimum atomic E-state index is -0.722. The zero-order chi connectivity index (χ0) is 31.7. The molecule has 6 rings (SSSR count). The standard InChI is InChI=1S/C35H39N5O6/c1-43-28-12-11-27-23-31(28)44-21-20-38(33(41)22-26-8-6-13-36-24-26)15-4-5-16-40(18-7-17-39-19-14-37-34(27)39)35(42)32-25-45-29-9-2-3-10-30(29)46-32/h2-3,6,8-14,19,23-24,32H,4-5,7,15-18,20-22,25H2,1H3. The summed E-state index contributed by atoms with van der Waals surface area (Å²) >= 11 is 0. The third-order valence-corrected chi connectivity index (χ3v) is 8.22. The predicted octanol–water partition coefficient (Wildman–Crippen LogP) is 4.26. The highest BCUT2D eigenvalue weighted by Crippen LogP contribution is 2.33. The van der Waals surface area contributed by atoms with Crippen molar-refractivity contribution in [2.24, 2.45) is 0 Å². The van der Waals surface area contributed by atoms with Crippen molar-refractivity contribution < 1.29 is 28.5 Å². The molecule has 46 heavy (non-hydrogen) atoms. The third-order valence-electron chi connectivity index (χ3n) is 8.22. The normalized spacial score (nSPS) is 17.3. The van der Waals surface area contributed by atoms with E-state index in [4.69, 9.17) is 18.9 Å². The molecule has 0 spiro atoms. The van der Waals surface area contributed by atoms with Crippen LogP contribution in [0.4, 0.5) is 0 Å². The number of carbonyl (C=O) groups is 2. The smallest absolute Gasteiger partial charge is 0.267 e. The molecule has 4 aromatic rings. The summed E-state index contributed by atoms with van der Waals surface area (Å²) in [4.78, 5) is 39.7. The molecule has 0 N–H and O–H groups in total. The van der Waals surface area contributed by atoms with E-state index in [-0.39, 0.29) is 31.4 Å². The van der Waals surface area contributed by atoms with Crippen LogP contribution in [0.1, 0.15) is 24.8 Å². The molecule has 1 unspecified atom stereocenters. The van der Waals surface area contributed by atoms with E-state index in [1.807, 2.05) is 70.6 Å². The Balaban J connectivity index is 1.22. The van der Waals surface area contributed by atoms with Crippen LogP contribution >= 0.6 is 0 Å². The quantitative estimate of drug-likeness (QED) is 0.331. The minimum Gasteiger partial charge on any atom is -0.493 e. The molecule has 0 radical (unpaired) electrons. The Morgan fingerprint density at radius 2 is 1.70 bits per heavy atom. The number of ether oxygens (including phenoxy) is 4. The molecule has 2 aromatic carbocycles. The van der Waals surface area contributed by atoms with Crippen LogP contribution in [-0.4, -0.2) is 88.8 Å². The van der Waals surface area contributed by atoms with E-state index in [0.717, 1.165) is 29.8 Å². The number of para-hydroxylation sites is 2. The van der Waals surface area contributed by atoms with E-state index in [2.05, 4.69) is 14.5 Å². The number of aromatic nitrogens is 3. The topological polar surface area (TPSA) is 108 Å². The first-order valence-corrected chi connectivity index (χ1v) is 15.8. The lowest BCUT2D eigenvalue weighted by atomic mass is 10.1.